The highest BCUT2D eigenvalue weighted by Crippen LogP contribution is 2.13. The minimum Gasteiger partial charge on any atom is -0.396 e. The average molecular weight is 186 g/mol. The summed E-state index contributed by atoms with van der Waals surface area (Å²) in [5, 5.41) is 12.9. The van der Waals surface area contributed by atoms with Crippen molar-refractivity contribution < 1.29 is 10.4 Å². The molecular formula is C9H16NOS+. The zero-order valence-corrected chi connectivity index (χ0v) is 8.23. The van der Waals surface area contributed by atoms with Crippen LogP contribution in [0, 0.1) is 6.92 Å². The van der Waals surface area contributed by atoms with Gasteiger partial charge in [-0.05, 0) is 23.9 Å². The van der Waals surface area contributed by atoms with E-state index in [4.69, 9.17) is 5.11 Å². The monoisotopic (exact) mass is 186 g/mol. The smallest absolute Gasteiger partial charge is 0.111 e. The summed E-state index contributed by atoms with van der Waals surface area (Å²) in [6, 6.07) is 2.15. The molecule has 1 aromatic rings. The van der Waals surface area contributed by atoms with Crippen LogP contribution in [0.3, 0.4) is 0 Å². The topological polar surface area (TPSA) is 36.8 Å². The third-order valence-corrected chi connectivity index (χ3v) is 2.91. The predicted octanol–water partition coefficient (Wildman–Crippen LogP) is 0.502. The van der Waals surface area contributed by atoms with Gasteiger partial charge in [0, 0.05) is 13.0 Å². The van der Waals surface area contributed by atoms with Crippen LogP contribution in [-0.4, -0.2) is 18.3 Å². The lowest BCUT2D eigenvalue weighted by atomic mass is 10.3. The Morgan fingerprint density at radius 3 is 3.00 bits per heavy atom. The lowest BCUT2D eigenvalue weighted by Gasteiger charge is -1.98. The maximum absolute atomic E-state index is 8.56. The molecule has 0 saturated carbocycles. The second-order valence-electron chi connectivity index (χ2n) is 2.89. The Labute approximate surface area is 77.2 Å². The van der Waals surface area contributed by atoms with Gasteiger partial charge >= 0.3 is 0 Å². The summed E-state index contributed by atoms with van der Waals surface area (Å²) in [7, 11) is 0. The number of aliphatic hydroxyl groups excluding tert-OH is 1. The van der Waals surface area contributed by atoms with E-state index < -0.39 is 0 Å². The second kappa shape index (κ2) is 5.30. The van der Waals surface area contributed by atoms with E-state index in [0.29, 0.717) is 6.61 Å². The van der Waals surface area contributed by atoms with Gasteiger partial charge in [0.05, 0.1) is 11.4 Å². The molecule has 68 valence electrons. The van der Waals surface area contributed by atoms with Crippen molar-refractivity contribution in [2.45, 2.75) is 19.9 Å². The maximum Gasteiger partial charge on any atom is 0.111 e. The Balaban J connectivity index is 2.20. The highest BCUT2D eigenvalue weighted by Gasteiger charge is 2.00. The molecule has 0 aromatic carbocycles. The number of quaternary nitrogens is 1. The maximum atomic E-state index is 8.56. The Morgan fingerprint density at radius 2 is 2.42 bits per heavy atom. The third-order valence-electron chi connectivity index (χ3n) is 1.86. The molecule has 1 heterocycles. The summed E-state index contributed by atoms with van der Waals surface area (Å²) in [4.78, 5) is 1.45. The number of thiophene rings is 1. The van der Waals surface area contributed by atoms with Gasteiger partial charge in [-0.2, -0.15) is 0 Å². The van der Waals surface area contributed by atoms with Crippen molar-refractivity contribution in [3.63, 3.8) is 0 Å². The number of aliphatic hydroxyl groups is 1. The lowest BCUT2D eigenvalue weighted by molar-refractivity contribution is -0.670. The Morgan fingerprint density at radius 1 is 1.58 bits per heavy atom. The fourth-order valence-electron chi connectivity index (χ4n) is 1.08. The highest BCUT2D eigenvalue weighted by molar-refractivity contribution is 7.10. The minimum atomic E-state index is 0.305. The van der Waals surface area contributed by atoms with Crippen molar-refractivity contribution in [1.82, 2.24) is 0 Å². The molecule has 3 heteroatoms. The SMILES string of the molecule is Cc1ccsc1C[NH2+]CCCO. The molecule has 0 unspecified atom stereocenters. The molecule has 1 rings (SSSR count). The number of hydrogen-bond donors (Lipinski definition) is 2. The predicted molar refractivity (Wildman–Crippen MR) is 51.3 cm³/mol. The number of nitrogens with two attached hydrogens (primary N) is 1. The van der Waals surface area contributed by atoms with Crippen LogP contribution in [0.15, 0.2) is 11.4 Å². The molecule has 0 amide bonds. The largest absolute Gasteiger partial charge is 0.396 e. The first kappa shape index (κ1) is 9.71. The van der Waals surface area contributed by atoms with E-state index in [9.17, 15) is 0 Å². The van der Waals surface area contributed by atoms with Crippen molar-refractivity contribution in [3.8, 4) is 0 Å². The van der Waals surface area contributed by atoms with E-state index in [1.807, 2.05) is 11.3 Å². The van der Waals surface area contributed by atoms with E-state index in [0.717, 1.165) is 19.5 Å². The van der Waals surface area contributed by atoms with Crippen LogP contribution in [0.2, 0.25) is 0 Å². The molecule has 0 aliphatic rings. The normalized spacial score (nSPS) is 10.5. The third kappa shape index (κ3) is 2.93. The van der Waals surface area contributed by atoms with Crippen LogP contribution < -0.4 is 5.32 Å². The van der Waals surface area contributed by atoms with Crippen molar-refractivity contribution in [3.05, 3.63) is 21.9 Å². The molecule has 0 atom stereocenters. The van der Waals surface area contributed by atoms with E-state index in [1.54, 1.807) is 0 Å². The van der Waals surface area contributed by atoms with E-state index in [2.05, 4.69) is 23.7 Å². The minimum absolute atomic E-state index is 0.305. The van der Waals surface area contributed by atoms with Gasteiger partial charge in [-0.15, -0.1) is 11.3 Å². The quantitative estimate of drug-likeness (QED) is 0.646. The zero-order valence-electron chi connectivity index (χ0n) is 7.42. The summed E-state index contributed by atoms with van der Waals surface area (Å²) in [5.41, 5.74) is 1.39. The molecule has 0 bridgehead atoms. The second-order valence-corrected chi connectivity index (χ2v) is 3.89. The molecule has 0 saturated heterocycles. The average Bonchev–Trinajstić information content (AvgIpc) is 2.46. The fourth-order valence-corrected chi connectivity index (χ4v) is 1.99. The van der Waals surface area contributed by atoms with Gasteiger partial charge in [0.2, 0.25) is 0 Å². The summed E-state index contributed by atoms with van der Waals surface area (Å²) in [6.07, 6.45) is 0.893. The van der Waals surface area contributed by atoms with E-state index >= 15 is 0 Å². The molecule has 0 spiro atoms. The van der Waals surface area contributed by atoms with Gasteiger partial charge in [0.15, 0.2) is 0 Å². The summed E-state index contributed by atoms with van der Waals surface area (Å²) in [5.74, 6) is 0. The van der Waals surface area contributed by atoms with Crippen LogP contribution in [0.5, 0.6) is 0 Å². The van der Waals surface area contributed by atoms with Gasteiger partial charge in [-0.25, -0.2) is 0 Å². The van der Waals surface area contributed by atoms with Crippen molar-refractivity contribution in [2.24, 2.45) is 0 Å². The summed E-state index contributed by atoms with van der Waals surface area (Å²) in [6.45, 7) is 4.53. The fraction of sp³-hybridized carbons (Fsp3) is 0.556. The van der Waals surface area contributed by atoms with Gasteiger partial charge in [0.25, 0.3) is 0 Å². The van der Waals surface area contributed by atoms with E-state index in [-0.39, 0.29) is 0 Å². The number of rotatable bonds is 5. The molecule has 12 heavy (non-hydrogen) atoms. The van der Waals surface area contributed by atoms with Gasteiger partial charge in [-0.1, -0.05) is 0 Å². The molecule has 0 fully saturated rings. The summed E-state index contributed by atoms with van der Waals surface area (Å²) >= 11 is 1.81. The Bertz CT molecular complexity index is 222. The molecule has 0 radical (unpaired) electrons. The Kier molecular flexibility index (Phi) is 4.29. The van der Waals surface area contributed by atoms with Crippen LogP contribution in [0.4, 0.5) is 0 Å². The zero-order chi connectivity index (χ0) is 8.81. The van der Waals surface area contributed by atoms with Gasteiger partial charge in [0.1, 0.15) is 6.54 Å². The van der Waals surface area contributed by atoms with Crippen LogP contribution in [0.1, 0.15) is 16.9 Å². The molecular weight excluding hydrogens is 170 g/mol. The molecule has 0 aliphatic carbocycles. The van der Waals surface area contributed by atoms with Crippen LogP contribution in [-0.2, 0) is 6.54 Å². The first-order chi connectivity index (χ1) is 5.84. The van der Waals surface area contributed by atoms with Gasteiger partial charge < -0.3 is 10.4 Å². The standard InChI is InChI=1S/C9H15NOS/c1-8-3-6-12-9(8)7-10-4-2-5-11/h3,6,10-11H,2,4-5,7H2,1H3/p+1. The molecule has 3 N–H and O–H groups in total. The number of aryl methyl sites for hydroxylation is 1. The Hall–Kier alpha value is -0.380. The first-order valence-corrected chi connectivity index (χ1v) is 5.18. The summed E-state index contributed by atoms with van der Waals surface area (Å²) < 4.78 is 0. The van der Waals surface area contributed by atoms with Crippen LogP contribution >= 0.6 is 11.3 Å². The van der Waals surface area contributed by atoms with Crippen LogP contribution in [0.25, 0.3) is 0 Å². The van der Waals surface area contributed by atoms with Gasteiger partial charge in [-0.3, -0.25) is 0 Å². The van der Waals surface area contributed by atoms with Crippen molar-refractivity contribution >= 4 is 11.3 Å². The van der Waals surface area contributed by atoms with Crippen molar-refractivity contribution in [1.29, 1.82) is 0 Å². The molecule has 1 aromatic heterocycles. The number of hydrogen-bond acceptors (Lipinski definition) is 2. The lowest BCUT2D eigenvalue weighted by Crippen LogP contribution is -2.82. The molecule has 0 aliphatic heterocycles. The first-order valence-electron chi connectivity index (χ1n) is 4.30. The van der Waals surface area contributed by atoms with E-state index in [1.165, 1.54) is 10.4 Å². The molecule has 2 nitrogen and oxygen atoms in total. The van der Waals surface area contributed by atoms with Crippen molar-refractivity contribution in [2.75, 3.05) is 13.2 Å². The highest BCUT2D eigenvalue weighted by atomic mass is 32.1.